The van der Waals surface area contributed by atoms with Crippen LogP contribution in [0.5, 0.6) is 0 Å². The molecule has 0 radical (unpaired) electrons. The van der Waals surface area contributed by atoms with E-state index >= 15 is 0 Å². The van der Waals surface area contributed by atoms with E-state index < -0.39 is 0 Å². The predicted molar refractivity (Wildman–Crippen MR) is 104 cm³/mol. The Morgan fingerprint density at radius 1 is 1.15 bits per heavy atom. The lowest BCUT2D eigenvalue weighted by Gasteiger charge is -2.14. The van der Waals surface area contributed by atoms with Crippen LogP contribution in [0.4, 0.5) is 10.3 Å². The molecule has 27 heavy (non-hydrogen) atoms. The standard InChI is InChI=1S/C20H17ClFN5/c1-12(16-4-2-3-5-18(16)22)27-20-25-8-13(9-26-20)6-14-10-23-19-17(14)7-15(21)11-24-19/h2-5,7-12H,6H2,1H3,(H,23,24)(H,25,26,27). The lowest BCUT2D eigenvalue weighted by Crippen LogP contribution is -2.11. The number of H-pyrrole nitrogens is 1. The average Bonchev–Trinajstić information content (AvgIpc) is 3.05. The molecule has 4 rings (SSSR count). The van der Waals surface area contributed by atoms with Gasteiger partial charge in [-0.25, -0.2) is 19.3 Å². The quantitative estimate of drug-likeness (QED) is 0.515. The average molecular weight is 382 g/mol. The Kier molecular flexibility index (Phi) is 4.73. The van der Waals surface area contributed by atoms with E-state index in [2.05, 4.69) is 25.3 Å². The minimum absolute atomic E-state index is 0.237. The number of aromatic nitrogens is 4. The molecule has 0 aliphatic rings. The Hall–Kier alpha value is -2.99. The SMILES string of the molecule is CC(Nc1ncc(Cc2c[nH]c3ncc(Cl)cc23)cn1)c1ccccc1F. The third kappa shape index (κ3) is 3.75. The fourth-order valence-electron chi connectivity index (χ4n) is 3.02. The lowest BCUT2D eigenvalue weighted by molar-refractivity contribution is 0.599. The molecule has 0 aliphatic carbocycles. The maximum absolute atomic E-state index is 13.9. The summed E-state index contributed by atoms with van der Waals surface area (Å²) in [5.74, 6) is 0.207. The number of aromatic amines is 1. The van der Waals surface area contributed by atoms with Crippen molar-refractivity contribution in [2.75, 3.05) is 5.32 Å². The molecule has 0 fully saturated rings. The molecule has 0 amide bonds. The molecule has 136 valence electrons. The van der Waals surface area contributed by atoms with Crippen molar-refractivity contribution in [1.82, 2.24) is 19.9 Å². The molecule has 1 unspecified atom stereocenters. The summed E-state index contributed by atoms with van der Waals surface area (Å²) in [5.41, 5.74) is 3.41. The second kappa shape index (κ2) is 7.32. The molecule has 3 aromatic heterocycles. The number of hydrogen-bond acceptors (Lipinski definition) is 4. The highest BCUT2D eigenvalue weighted by Gasteiger charge is 2.12. The molecule has 1 aromatic carbocycles. The van der Waals surface area contributed by atoms with E-state index in [0.29, 0.717) is 23.0 Å². The van der Waals surface area contributed by atoms with E-state index in [9.17, 15) is 4.39 Å². The van der Waals surface area contributed by atoms with Gasteiger partial charge in [0.1, 0.15) is 11.5 Å². The van der Waals surface area contributed by atoms with E-state index in [1.54, 1.807) is 30.7 Å². The number of hydrogen-bond donors (Lipinski definition) is 2. The molecule has 2 N–H and O–H groups in total. The molecular formula is C20H17ClFN5. The Bertz CT molecular complexity index is 1080. The maximum atomic E-state index is 13.9. The highest BCUT2D eigenvalue weighted by Crippen LogP contribution is 2.23. The van der Waals surface area contributed by atoms with Crippen LogP contribution < -0.4 is 5.32 Å². The van der Waals surface area contributed by atoms with Gasteiger partial charge in [0.25, 0.3) is 0 Å². The predicted octanol–water partition coefficient (Wildman–Crippen LogP) is 4.91. The second-order valence-electron chi connectivity index (χ2n) is 6.34. The zero-order valence-electron chi connectivity index (χ0n) is 14.6. The van der Waals surface area contributed by atoms with Gasteiger partial charge in [0, 0.05) is 42.2 Å². The van der Waals surface area contributed by atoms with Crippen molar-refractivity contribution in [3.05, 3.63) is 82.6 Å². The van der Waals surface area contributed by atoms with Gasteiger partial charge in [-0.15, -0.1) is 0 Å². The summed E-state index contributed by atoms with van der Waals surface area (Å²) in [5, 5.41) is 4.71. The molecule has 0 aliphatic heterocycles. The summed E-state index contributed by atoms with van der Waals surface area (Å²) in [6, 6.07) is 8.33. The first-order valence-electron chi connectivity index (χ1n) is 8.53. The number of benzene rings is 1. The number of fused-ring (bicyclic) bond motifs is 1. The van der Waals surface area contributed by atoms with Crippen molar-refractivity contribution in [1.29, 1.82) is 0 Å². The number of halogens is 2. The smallest absolute Gasteiger partial charge is 0.223 e. The van der Waals surface area contributed by atoms with Crippen molar-refractivity contribution in [2.45, 2.75) is 19.4 Å². The first-order chi connectivity index (χ1) is 13.1. The number of anilines is 1. The second-order valence-corrected chi connectivity index (χ2v) is 6.78. The third-order valence-corrected chi connectivity index (χ3v) is 4.61. The largest absolute Gasteiger partial charge is 0.348 e. The topological polar surface area (TPSA) is 66.5 Å². The summed E-state index contributed by atoms with van der Waals surface area (Å²) in [6.07, 6.45) is 7.72. The van der Waals surface area contributed by atoms with Crippen LogP contribution in [0, 0.1) is 5.82 Å². The fraction of sp³-hybridized carbons (Fsp3) is 0.150. The summed E-state index contributed by atoms with van der Waals surface area (Å²) in [6.45, 7) is 1.87. The van der Waals surface area contributed by atoms with Crippen molar-refractivity contribution in [3.8, 4) is 0 Å². The van der Waals surface area contributed by atoms with Gasteiger partial charge >= 0.3 is 0 Å². The van der Waals surface area contributed by atoms with Crippen LogP contribution in [0.2, 0.25) is 5.02 Å². The van der Waals surface area contributed by atoms with Gasteiger partial charge in [0.15, 0.2) is 0 Å². The van der Waals surface area contributed by atoms with Crippen LogP contribution in [-0.2, 0) is 6.42 Å². The van der Waals surface area contributed by atoms with Gasteiger partial charge in [0.2, 0.25) is 5.95 Å². The van der Waals surface area contributed by atoms with Gasteiger partial charge in [-0.2, -0.15) is 0 Å². The van der Waals surface area contributed by atoms with Crippen LogP contribution in [0.25, 0.3) is 11.0 Å². The van der Waals surface area contributed by atoms with Crippen molar-refractivity contribution >= 4 is 28.6 Å². The first-order valence-corrected chi connectivity index (χ1v) is 8.91. The van der Waals surface area contributed by atoms with Crippen LogP contribution >= 0.6 is 11.6 Å². The van der Waals surface area contributed by atoms with Crippen LogP contribution in [-0.4, -0.2) is 19.9 Å². The van der Waals surface area contributed by atoms with Gasteiger partial charge in [-0.1, -0.05) is 29.8 Å². The minimum Gasteiger partial charge on any atom is -0.348 e. The maximum Gasteiger partial charge on any atom is 0.223 e. The van der Waals surface area contributed by atoms with Crippen molar-refractivity contribution < 1.29 is 4.39 Å². The zero-order valence-corrected chi connectivity index (χ0v) is 15.3. The van der Waals surface area contributed by atoms with Crippen LogP contribution in [0.3, 0.4) is 0 Å². The highest BCUT2D eigenvalue weighted by atomic mass is 35.5. The fourth-order valence-corrected chi connectivity index (χ4v) is 3.17. The van der Waals surface area contributed by atoms with E-state index in [4.69, 9.17) is 11.6 Å². The zero-order chi connectivity index (χ0) is 18.8. The normalized spacial score (nSPS) is 12.3. The van der Waals surface area contributed by atoms with E-state index in [1.807, 2.05) is 25.3 Å². The molecular weight excluding hydrogens is 365 g/mol. The first kappa shape index (κ1) is 17.4. The number of nitrogens with one attached hydrogen (secondary N) is 2. The van der Waals surface area contributed by atoms with E-state index in [1.165, 1.54) is 6.07 Å². The molecule has 4 aromatic rings. The Labute approximate surface area is 160 Å². The molecule has 0 saturated carbocycles. The number of nitrogens with zero attached hydrogens (tertiary/aromatic N) is 3. The number of rotatable bonds is 5. The van der Waals surface area contributed by atoms with Crippen molar-refractivity contribution in [2.24, 2.45) is 0 Å². The molecule has 3 heterocycles. The van der Waals surface area contributed by atoms with Crippen LogP contribution in [0.15, 0.2) is 55.1 Å². The Morgan fingerprint density at radius 2 is 1.93 bits per heavy atom. The molecule has 1 atom stereocenters. The van der Waals surface area contributed by atoms with Crippen LogP contribution in [0.1, 0.15) is 29.7 Å². The van der Waals surface area contributed by atoms with Gasteiger partial charge in [-0.3, -0.25) is 0 Å². The molecule has 0 spiro atoms. The molecule has 7 heteroatoms. The summed E-state index contributed by atoms with van der Waals surface area (Å²) >= 11 is 6.05. The molecule has 0 bridgehead atoms. The lowest BCUT2D eigenvalue weighted by atomic mass is 10.1. The highest BCUT2D eigenvalue weighted by molar-refractivity contribution is 6.31. The monoisotopic (exact) mass is 381 g/mol. The third-order valence-electron chi connectivity index (χ3n) is 4.40. The summed E-state index contributed by atoms with van der Waals surface area (Å²) < 4.78 is 13.9. The van der Waals surface area contributed by atoms with E-state index in [-0.39, 0.29) is 11.9 Å². The van der Waals surface area contributed by atoms with Gasteiger partial charge in [-0.05, 0) is 30.2 Å². The summed E-state index contributed by atoms with van der Waals surface area (Å²) in [7, 11) is 0. The minimum atomic E-state index is -0.249. The van der Waals surface area contributed by atoms with Gasteiger partial charge < -0.3 is 10.3 Å². The van der Waals surface area contributed by atoms with Crippen molar-refractivity contribution in [3.63, 3.8) is 0 Å². The Morgan fingerprint density at radius 3 is 2.70 bits per heavy atom. The summed E-state index contributed by atoms with van der Waals surface area (Å²) in [4.78, 5) is 16.1. The van der Waals surface area contributed by atoms with E-state index in [0.717, 1.165) is 22.2 Å². The molecule has 5 nitrogen and oxygen atoms in total. The molecule has 0 saturated heterocycles. The van der Waals surface area contributed by atoms with Gasteiger partial charge in [0.05, 0.1) is 11.1 Å². The Balaban J connectivity index is 1.49. The number of pyridine rings is 1.